The number of aliphatic hydroxyl groups excluding tert-OH is 2. The predicted octanol–water partition coefficient (Wildman–Crippen LogP) is 7.37. The largest absolute Gasteiger partial charge is 0.462 e. The first-order valence-electron chi connectivity index (χ1n) is 17.7. The van der Waals surface area contributed by atoms with Crippen LogP contribution in [0.4, 0.5) is 0 Å². The van der Waals surface area contributed by atoms with Crippen molar-refractivity contribution in [3.05, 3.63) is 0 Å². The number of cyclic esters (lactones) is 1. The van der Waals surface area contributed by atoms with Gasteiger partial charge in [-0.3, -0.25) is 4.79 Å². The number of aliphatic hydroxyl groups is 2. The zero-order chi connectivity index (χ0) is 30.2. The van der Waals surface area contributed by atoms with E-state index in [0.717, 1.165) is 89.9 Å². The lowest BCUT2D eigenvalue weighted by Crippen LogP contribution is -2.33. The molecule has 0 aromatic heterocycles. The summed E-state index contributed by atoms with van der Waals surface area (Å²) in [6, 6.07) is 0. The van der Waals surface area contributed by atoms with Crippen LogP contribution < -0.4 is 0 Å². The minimum atomic E-state index is -0.417. The number of esters is 1. The molecule has 0 unspecified atom stereocenters. The second-order valence-corrected chi connectivity index (χ2v) is 13.6. The first-order valence-corrected chi connectivity index (χ1v) is 17.7. The molecule has 2 N–H and O–H groups in total. The van der Waals surface area contributed by atoms with Crippen LogP contribution in [0.25, 0.3) is 0 Å². The van der Waals surface area contributed by atoms with Crippen LogP contribution in [-0.2, 0) is 23.8 Å². The van der Waals surface area contributed by atoms with E-state index in [1.807, 2.05) is 0 Å². The zero-order valence-electron chi connectivity index (χ0n) is 26.8. The van der Waals surface area contributed by atoms with Crippen molar-refractivity contribution in [2.24, 2.45) is 5.92 Å². The fourth-order valence-corrected chi connectivity index (χ4v) is 7.20. The van der Waals surface area contributed by atoms with Crippen molar-refractivity contribution in [2.75, 3.05) is 0 Å². The number of ketones is 1. The number of carbonyl (C=O) groups is 2. The zero-order valence-corrected chi connectivity index (χ0v) is 26.8. The summed E-state index contributed by atoms with van der Waals surface area (Å²) in [4.78, 5) is 23.1. The third kappa shape index (κ3) is 12.9. The van der Waals surface area contributed by atoms with Gasteiger partial charge in [0.25, 0.3) is 0 Å². The van der Waals surface area contributed by atoms with Crippen molar-refractivity contribution < 1.29 is 34.0 Å². The molecular weight excluding hydrogens is 532 g/mol. The molecule has 0 aromatic rings. The third-order valence-corrected chi connectivity index (χ3v) is 9.77. The molecule has 7 nitrogen and oxygen atoms in total. The molecule has 0 aliphatic carbocycles. The Kier molecular flexibility index (Phi) is 17.0. The van der Waals surface area contributed by atoms with Crippen LogP contribution in [0.1, 0.15) is 162 Å². The molecule has 0 radical (unpaired) electrons. The van der Waals surface area contributed by atoms with Crippen LogP contribution in [0.2, 0.25) is 0 Å². The summed E-state index contributed by atoms with van der Waals surface area (Å²) < 4.78 is 18.0. The van der Waals surface area contributed by atoms with E-state index in [4.69, 9.17) is 14.2 Å². The number of unbranched alkanes of at least 4 members (excludes halogenated alkanes) is 12. The van der Waals surface area contributed by atoms with E-state index in [9.17, 15) is 19.8 Å². The average molecular weight is 595 g/mol. The lowest BCUT2D eigenvalue weighted by molar-refractivity contribution is -0.145. The van der Waals surface area contributed by atoms with Crippen LogP contribution in [0.5, 0.6) is 0 Å². The Balaban J connectivity index is 1.16. The van der Waals surface area contributed by atoms with E-state index in [0.29, 0.717) is 12.8 Å². The molecule has 0 spiro atoms. The molecule has 3 saturated heterocycles. The molecule has 3 heterocycles. The highest BCUT2D eigenvalue weighted by molar-refractivity contribution is 5.83. The third-order valence-electron chi connectivity index (χ3n) is 9.77. The quantitative estimate of drug-likeness (QED) is 0.0941. The topological polar surface area (TPSA) is 102 Å². The molecule has 0 aromatic carbocycles. The lowest BCUT2D eigenvalue weighted by atomic mass is 9.96. The van der Waals surface area contributed by atoms with E-state index in [1.54, 1.807) is 0 Å². The Bertz CT molecular complexity index is 758. The van der Waals surface area contributed by atoms with Gasteiger partial charge in [-0.05, 0) is 64.7 Å². The van der Waals surface area contributed by atoms with Crippen molar-refractivity contribution in [3.8, 4) is 0 Å². The van der Waals surface area contributed by atoms with Crippen molar-refractivity contribution in [1.82, 2.24) is 0 Å². The Morgan fingerprint density at radius 1 is 0.738 bits per heavy atom. The molecule has 3 aliphatic heterocycles. The summed E-state index contributed by atoms with van der Waals surface area (Å²) in [6.45, 7) is 3.78. The normalized spacial score (nSPS) is 29.2. The van der Waals surface area contributed by atoms with Crippen molar-refractivity contribution in [3.63, 3.8) is 0 Å². The summed E-state index contributed by atoms with van der Waals surface area (Å²) in [6.07, 6.45) is 23.1. The highest BCUT2D eigenvalue weighted by Crippen LogP contribution is 2.35. The fourth-order valence-electron chi connectivity index (χ4n) is 7.20. The molecule has 8 atom stereocenters. The van der Waals surface area contributed by atoms with E-state index >= 15 is 0 Å². The van der Waals surface area contributed by atoms with Crippen LogP contribution >= 0.6 is 0 Å². The minimum absolute atomic E-state index is 0.0162. The van der Waals surface area contributed by atoms with Gasteiger partial charge >= 0.3 is 5.97 Å². The van der Waals surface area contributed by atoms with Crippen LogP contribution in [-0.4, -0.2) is 64.7 Å². The van der Waals surface area contributed by atoms with Gasteiger partial charge in [0.2, 0.25) is 0 Å². The molecule has 0 amide bonds. The maximum absolute atomic E-state index is 11.9. The first kappa shape index (κ1) is 35.5. The van der Waals surface area contributed by atoms with Gasteiger partial charge < -0.3 is 29.2 Å². The van der Waals surface area contributed by atoms with E-state index < -0.39 is 6.10 Å². The number of rotatable bonds is 23. The maximum Gasteiger partial charge on any atom is 0.309 e. The molecule has 42 heavy (non-hydrogen) atoms. The van der Waals surface area contributed by atoms with Gasteiger partial charge in [-0.2, -0.15) is 0 Å². The van der Waals surface area contributed by atoms with Gasteiger partial charge in [-0.15, -0.1) is 0 Å². The van der Waals surface area contributed by atoms with Crippen molar-refractivity contribution in [2.45, 2.75) is 204 Å². The second kappa shape index (κ2) is 20.1. The number of hydrogen-bond donors (Lipinski definition) is 2. The summed E-state index contributed by atoms with van der Waals surface area (Å²) >= 11 is 0. The van der Waals surface area contributed by atoms with Crippen molar-refractivity contribution in [1.29, 1.82) is 0 Å². The monoisotopic (exact) mass is 594 g/mol. The summed E-state index contributed by atoms with van der Waals surface area (Å²) in [7, 11) is 0. The van der Waals surface area contributed by atoms with Crippen molar-refractivity contribution >= 4 is 11.8 Å². The summed E-state index contributed by atoms with van der Waals surface area (Å²) in [5.41, 5.74) is 0. The standard InChI is InChI=1S/C35H62O7/c1-3-4-5-6-7-8-12-15-18-29(37)31-20-22-33(41-31)34-23-21-32(42-34)30(38)19-16-13-10-9-11-14-17-28-25-27(24-26(2)36)35(39)40-28/h27-34,37-38H,3-25H2,1-2H3/t27-,28+,29-,30+,31+,32-,33+,34+/m0/s1. The number of carbonyl (C=O) groups excluding carboxylic acids is 2. The second-order valence-electron chi connectivity index (χ2n) is 13.6. The fraction of sp³-hybridized carbons (Fsp3) is 0.943. The lowest BCUT2D eigenvalue weighted by Gasteiger charge is -2.24. The number of hydrogen-bond acceptors (Lipinski definition) is 7. The van der Waals surface area contributed by atoms with Gasteiger partial charge in [-0.1, -0.05) is 90.4 Å². The molecule has 3 aliphatic rings. The molecule has 0 bridgehead atoms. The van der Waals surface area contributed by atoms with E-state index in [2.05, 4.69) is 6.92 Å². The maximum atomic E-state index is 11.9. The molecular formula is C35H62O7. The van der Waals surface area contributed by atoms with Gasteiger partial charge in [0.15, 0.2) is 0 Å². The predicted molar refractivity (Wildman–Crippen MR) is 165 cm³/mol. The Labute approximate surface area is 255 Å². The minimum Gasteiger partial charge on any atom is -0.462 e. The summed E-state index contributed by atoms with van der Waals surface area (Å²) in [5.74, 6) is -0.379. The molecule has 7 heteroatoms. The highest BCUT2D eigenvalue weighted by Gasteiger charge is 2.40. The Morgan fingerprint density at radius 3 is 1.71 bits per heavy atom. The summed E-state index contributed by atoms with van der Waals surface area (Å²) in [5, 5.41) is 21.4. The van der Waals surface area contributed by atoms with Gasteiger partial charge in [-0.25, -0.2) is 0 Å². The van der Waals surface area contributed by atoms with Gasteiger partial charge in [0, 0.05) is 6.42 Å². The van der Waals surface area contributed by atoms with Gasteiger partial charge in [0.05, 0.1) is 42.5 Å². The van der Waals surface area contributed by atoms with Crippen LogP contribution in [0.3, 0.4) is 0 Å². The number of ether oxygens (including phenoxy) is 3. The highest BCUT2D eigenvalue weighted by atomic mass is 16.6. The van der Waals surface area contributed by atoms with E-state index in [1.165, 1.54) is 51.9 Å². The molecule has 3 rings (SSSR count). The SMILES string of the molecule is CCCCCCCCCC[C@H](O)[C@H]1CC[C@H]([C@H]2CC[C@@H]([C@H](O)CCCCCCCC[C@@H]3C[C@H](CC(C)=O)C(=O)O3)O2)O1. The molecule has 3 fully saturated rings. The first-order chi connectivity index (χ1) is 20.4. The molecule has 244 valence electrons. The van der Waals surface area contributed by atoms with Crippen LogP contribution in [0.15, 0.2) is 0 Å². The smallest absolute Gasteiger partial charge is 0.309 e. The van der Waals surface area contributed by atoms with Gasteiger partial charge in [0.1, 0.15) is 11.9 Å². The Morgan fingerprint density at radius 2 is 1.21 bits per heavy atom. The molecule has 0 saturated carbocycles. The Hall–Kier alpha value is -1.02. The van der Waals surface area contributed by atoms with Crippen LogP contribution in [0, 0.1) is 5.92 Å². The van der Waals surface area contributed by atoms with E-state index in [-0.39, 0.29) is 54.3 Å². The number of Topliss-reactive ketones (excluding diaryl/α,β-unsaturated/α-hetero) is 1. The average Bonchev–Trinajstić information content (AvgIpc) is 3.72.